The Morgan fingerprint density at radius 1 is 1.73 bits per heavy atom. The van der Waals surface area contributed by atoms with E-state index < -0.39 is 12.6 Å². The van der Waals surface area contributed by atoms with Crippen molar-refractivity contribution < 1.29 is 14.7 Å². The highest BCUT2D eigenvalue weighted by Gasteiger charge is 2.01. The van der Waals surface area contributed by atoms with Gasteiger partial charge in [0.25, 0.3) is 0 Å². The molecule has 0 spiro atoms. The van der Waals surface area contributed by atoms with Crippen molar-refractivity contribution in [1.29, 1.82) is 0 Å². The van der Waals surface area contributed by atoms with Crippen molar-refractivity contribution in [2.45, 2.75) is 19.9 Å². The molecule has 0 saturated carbocycles. The molecule has 1 aromatic rings. The highest BCUT2D eigenvalue weighted by molar-refractivity contribution is 5.77. The van der Waals surface area contributed by atoms with Crippen molar-refractivity contribution in [3.05, 3.63) is 24.0 Å². The second-order valence-corrected chi connectivity index (χ2v) is 3.34. The summed E-state index contributed by atoms with van der Waals surface area (Å²) in [6.07, 6.45) is 3.44. The molecule has 0 aromatic carbocycles. The fourth-order valence-electron chi connectivity index (χ4n) is 1.17. The summed E-state index contributed by atoms with van der Waals surface area (Å²) in [5.74, 6) is -1.04. The van der Waals surface area contributed by atoms with Crippen LogP contribution in [0.4, 0.5) is 0 Å². The quantitative estimate of drug-likeness (QED) is 0.591. The van der Waals surface area contributed by atoms with Gasteiger partial charge in [0, 0.05) is 12.2 Å². The van der Waals surface area contributed by atoms with Crippen LogP contribution in [0.3, 0.4) is 0 Å². The molecule has 1 rings (SSSR count). The van der Waals surface area contributed by atoms with E-state index in [1.807, 2.05) is 22.9 Å². The van der Waals surface area contributed by atoms with Crippen LogP contribution in [0.15, 0.2) is 23.5 Å². The Morgan fingerprint density at radius 3 is 3.07 bits per heavy atom. The van der Waals surface area contributed by atoms with Gasteiger partial charge in [-0.2, -0.15) is 0 Å². The summed E-state index contributed by atoms with van der Waals surface area (Å²) < 4.78 is 2.01. The van der Waals surface area contributed by atoms with Gasteiger partial charge >= 0.3 is 5.97 Å². The topological polar surface area (TPSA) is 63.8 Å². The van der Waals surface area contributed by atoms with Crippen LogP contribution in [-0.2, 0) is 9.63 Å². The molecule has 0 aliphatic rings. The molecule has 0 bridgehead atoms. The van der Waals surface area contributed by atoms with E-state index in [0.717, 1.165) is 5.69 Å². The van der Waals surface area contributed by atoms with Crippen LogP contribution in [0.25, 0.3) is 0 Å². The molecule has 15 heavy (non-hydrogen) atoms. The van der Waals surface area contributed by atoms with E-state index in [2.05, 4.69) is 23.8 Å². The van der Waals surface area contributed by atoms with E-state index in [1.54, 1.807) is 0 Å². The largest absolute Gasteiger partial charge is 0.479 e. The Morgan fingerprint density at radius 2 is 2.47 bits per heavy atom. The Labute approximate surface area is 88.0 Å². The fraction of sp³-hybridized carbons (Fsp3) is 0.400. The van der Waals surface area contributed by atoms with Gasteiger partial charge in [-0.25, -0.2) is 4.79 Å². The normalized spacial score (nSPS) is 11.1. The third kappa shape index (κ3) is 3.46. The van der Waals surface area contributed by atoms with Gasteiger partial charge in [-0.15, -0.1) is 0 Å². The first kappa shape index (κ1) is 11.3. The van der Waals surface area contributed by atoms with Gasteiger partial charge in [-0.05, 0) is 26.0 Å². The van der Waals surface area contributed by atoms with Crippen molar-refractivity contribution in [3.8, 4) is 0 Å². The van der Waals surface area contributed by atoms with Gasteiger partial charge < -0.3 is 14.5 Å². The van der Waals surface area contributed by atoms with Gasteiger partial charge in [-0.1, -0.05) is 5.16 Å². The summed E-state index contributed by atoms with van der Waals surface area (Å²) in [6.45, 7) is 3.68. The molecule has 0 radical (unpaired) electrons. The SMILES string of the molecule is CC(C)n1cccc1/C=N/OCC(=O)O. The number of nitrogens with zero attached hydrogens (tertiary/aromatic N) is 2. The maximum absolute atomic E-state index is 10.1. The second-order valence-electron chi connectivity index (χ2n) is 3.34. The lowest BCUT2D eigenvalue weighted by molar-refractivity contribution is -0.142. The molecule has 0 atom stereocenters. The number of hydrogen-bond donors (Lipinski definition) is 1. The Bertz CT molecular complexity index is 355. The minimum absolute atomic E-state index is 0.334. The number of carboxylic acids is 1. The molecule has 5 nitrogen and oxygen atoms in total. The van der Waals surface area contributed by atoms with Crippen molar-refractivity contribution in [2.75, 3.05) is 6.61 Å². The van der Waals surface area contributed by atoms with Crippen LogP contribution in [0.2, 0.25) is 0 Å². The summed E-state index contributed by atoms with van der Waals surface area (Å²) in [7, 11) is 0. The molecular formula is C10H14N2O3. The first-order chi connectivity index (χ1) is 7.11. The van der Waals surface area contributed by atoms with Crippen LogP contribution < -0.4 is 0 Å². The molecule has 0 amide bonds. The fourth-order valence-corrected chi connectivity index (χ4v) is 1.17. The lowest BCUT2D eigenvalue weighted by Crippen LogP contribution is -2.05. The number of carbonyl (C=O) groups is 1. The molecule has 1 aromatic heterocycles. The van der Waals surface area contributed by atoms with E-state index in [4.69, 9.17) is 5.11 Å². The minimum atomic E-state index is -1.04. The van der Waals surface area contributed by atoms with E-state index in [9.17, 15) is 4.79 Å². The van der Waals surface area contributed by atoms with E-state index in [-0.39, 0.29) is 0 Å². The zero-order chi connectivity index (χ0) is 11.3. The van der Waals surface area contributed by atoms with Crippen molar-refractivity contribution in [2.24, 2.45) is 5.16 Å². The molecule has 0 aliphatic carbocycles. The van der Waals surface area contributed by atoms with E-state index in [0.29, 0.717) is 6.04 Å². The molecule has 1 N–H and O–H groups in total. The minimum Gasteiger partial charge on any atom is -0.479 e. The Hall–Kier alpha value is -1.78. The smallest absolute Gasteiger partial charge is 0.344 e. The maximum Gasteiger partial charge on any atom is 0.344 e. The van der Waals surface area contributed by atoms with Gasteiger partial charge in [0.2, 0.25) is 6.61 Å². The first-order valence-corrected chi connectivity index (χ1v) is 4.65. The predicted octanol–water partition coefficient (Wildman–Crippen LogP) is 1.50. The monoisotopic (exact) mass is 210 g/mol. The molecule has 0 unspecified atom stereocenters. The summed E-state index contributed by atoms with van der Waals surface area (Å²) in [5, 5.41) is 11.9. The van der Waals surface area contributed by atoms with Crippen LogP contribution in [0.5, 0.6) is 0 Å². The number of aromatic nitrogens is 1. The maximum atomic E-state index is 10.1. The molecule has 82 valence electrons. The molecule has 5 heteroatoms. The third-order valence-electron chi connectivity index (χ3n) is 1.82. The van der Waals surface area contributed by atoms with Crippen LogP contribution in [0, 0.1) is 0 Å². The average Bonchev–Trinajstić information content (AvgIpc) is 2.60. The van der Waals surface area contributed by atoms with E-state index >= 15 is 0 Å². The summed E-state index contributed by atoms with van der Waals surface area (Å²) in [5.41, 5.74) is 0.885. The van der Waals surface area contributed by atoms with Gasteiger partial charge in [0.05, 0.1) is 11.9 Å². The highest BCUT2D eigenvalue weighted by atomic mass is 16.6. The second kappa shape index (κ2) is 5.19. The van der Waals surface area contributed by atoms with Crippen molar-refractivity contribution in [1.82, 2.24) is 4.57 Å². The lowest BCUT2D eigenvalue weighted by Gasteiger charge is -2.09. The van der Waals surface area contributed by atoms with Crippen molar-refractivity contribution in [3.63, 3.8) is 0 Å². The number of rotatable bonds is 5. The highest BCUT2D eigenvalue weighted by Crippen LogP contribution is 2.08. The average molecular weight is 210 g/mol. The van der Waals surface area contributed by atoms with Gasteiger partial charge in [-0.3, -0.25) is 0 Å². The van der Waals surface area contributed by atoms with Crippen LogP contribution in [0.1, 0.15) is 25.6 Å². The number of carboxylic acid groups (broad SMARTS) is 1. The van der Waals surface area contributed by atoms with Crippen LogP contribution in [-0.4, -0.2) is 28.5 Å². The van der Waals surface area contributed by atoms with Gasteiger partial charge in [0.15, 0.2) is 0 Å². The third-order valence-corrected chi connectivity index (χ3v) is 1.82. The molecular weight excluding hydrogens is 196 g/mol. The first-order valence-electron chi connectivity index (χ1n) is 4.65. The summed E-state index contributed by atoms with van der Waals surface area (Å²) >= 11 is 0. The van der Waals surface area contributed by atoms with E-state index in [1.165, 1.54) is 6.21 Å². The zero-order valence-corrected chi connectivity index (χ0v) is 8.75. The molecule has 0 saturated heterocycles. The summed E-state index contributed by atoms with van der Waals surface area (Å²) in [6, 6.07) is 4.12. The standard InChI is InChI=1S/C10H14N2O3/c1-8(2)12-5-3-4-9(12)6-11-15-7-10(13)14/h3-6,8H,7H2,1-2H3,(H,13,14)/b11-6+. The molecule has 0 aliphatic heterocycles. The van der Waals surface area contributed by atoms with Crippen molar-refractivity contribution >= 4 is 12.2 Å². The zero-order valence-electron chi connectivity index (χ0n) is 8.75. The number of aliphatic carboxylic acids is 1. The molecule has 0 fully saturated rings. The lowest BCUT2D eigenvalue weighted by atomic mass is 10.3. The Kier molecular flexibility index (Phi) is 3.91. The Balaban J connectivity index is 2.56. The summed E-state index contributed by atoms with van der Waals surface area (Å²) in [4.78, 5) is 14.7. The number of oxime groups is 1. The van der Waals surface area contributed by atoms with Gasteiger partial charge in [0.1, 0.15) is 0 Å². The predicted molar refractivity (Wildman–Crippen MR) is 56.0 cm³/mol. The molecule has 1 heterocycles. The number of hydrogen-bond acceptors (Lipinski definition) is 3. The van der Waals surface area contributed by atoms with Crippen LogP contribution >= 0.6 is 0 Å².